The van der Waals surface area contributed by atoms with Crippen molar-refractivity contribution in [3.05, 3.63) is 29.8 Å². The number of benzene rings is 1. The van der Waals surface area contributed by atoms with Gasteiger partial charge in [-0.25, -0.2) is 0 Å². The molecule has 19 heavy (non-hydrogen) atoms. The number of hydrogen-bond acceptors (Lipinski definition) is 2. The molecule has 2 rings (SSSR count). The van der Waals surface area contributed by atoms with E-state index >= 15 is 0 Å². The maximum Gasteiger partial charge on any atom is 0.118 e. The van der Waals surface area contributed by atoms with Gasteiger partial charge in [-0.3, -0.25) is 0 Å². The Bertz CT molecular complexity index is 394. The molecule has 0 spiro atoms. The van der Waals surface area contributed by atoms with Crippen molar-refractivity contribution in [2.75, 3.05) is 7.11 Å². The average molecular weight is 262 g/mol. The van der Waals surface area contributed by atoms with Crippen molar-refractivity contribution in [2.24, 2.45) is 11.8 Å². The average Bonchev–Trinajstić information content (AvgIpc) is 2.47. The topological polar surface area (TPSA) is 29.5 Å². The van der Waals surface area contributed by atoms with Crippen molar-refractivity contribution in [2.45, 2.75) is 51.6 Å². The molecule has 1 aromatic rings. The Morgan fingerprint density at radius 1 is 1.21 bits per heavy atom. The van der Waals surface area contributed by atoms with E-state index in [0.717, 1.165) is 24.2 Å². The van der Waals surface area contributed by atoms with E-state index in [-0.39, 0.29) is 0 Å². The lowest BCUT2D eigenvalue weighted by atomic mass is 9.67. The summed E-state index contributed by atoms with van der Waals surface area (Å²) in [6.07, 6.45) is 6.11. The minimum absolute atomic E-state index is 0.375. The normalized spacial score (nSPS) is 26.7. The Hall–Kier alpha value is -1.02. The van der Waals surface area contributed by atoms with E-state index in [4.69, 9.17) is 4.74 Å². The van der Waals surface area contributed by atoms with Gasteiger partial charge in [-0.15, -0.1) is 0 Å². The van der Waals surface area contributed by atoms with E-state index in [0.29, 0.717) is 11.8 Å². The zero-order chi connectivity index (χ0) is 13.9. The summed E-state index contributed by atoms with van der Waals surface area (Å²) in [4.78, 5) is 0. The highest BCUT2D eigenvalue weighted by Gasteiger charge is 2.39. The first-order valence-corrected chi connectivity index (χ1v) is 7.46. The van der Waals surface area contributed by atoms with Gasteiger partial charge in [0.25, 0.3) is 0 Å². The molecule has 1 fully saturated rings. The molecule has 1 aromatic carbocycles. The second kappa shape index (κ2) is 5.96. The lowest BCUT2D eigenvalue weighted by Crippen LogP contribution is -2.38. The summed E-state index contributed by atoms with van der Waals surface area (Å²) in [5.41, 5.74) is 0.284. The van der Waals surface area contributed by atoms with Crippen molar-refractivity contribution < 1.29 is 9.84 Å². The number of methoxy groups -OCH3 is 1. The molecule has 1 N–H and O–H groups in total. The number of ether oxygens (including phenoxy) is 1. The monoisotopic (exact) mass is 262 g/mol. The minimum Gasteiger partial charge on any atom is -0.497 e. The molecule has 2 nitrogen and oxygen atoms in total. The highest BCUT2D eigenvalue weighted by atomic mass is 16.5. The summed E-state index contributed by atoms with van der Waals surface area (Å²) < 4.78 is 5.19. The third kappa shape index (κ3) is 2.94. The Labute approximate surface area is 116 Å². The first kappa shape index (κ1) is 14.4. The van der Waals surface area contributed by atoms with E-state index in [9.17, 15) is 5.11 Å². The minimum atomic E-state index is -0.729. The lowest BCUT2D eigenvalue weighted by molar-refractivity contribution is -0.0489. The third-order valence-electron chi connectivity index (χ3n) is 4.83. The van der Waals surface area contributed by atoms with Crippen LogP contribution in [0.2, 0.25) is 0 Å². The largest absolute Gasteiger partial charge is 0.497 e. The first-order valence-electron chi connectivity index (χ1n) is 7.46. The highest BCUT2D eigenvalue weighted by molar-refractivity contribution is 5.31. The molecule has 0 radical (unpaired) electrons. The molecule has 0 aliphatic heterocycles. The molecule has 0 bridgehead atoms. The highest BCUT2D eigenvalue weighted by Crippen LogP contribution is 2.44. The van der Waals surface area contributed by atoms with Gasteiger partial charge in [-0.2, -0.15) is 0 Å². The van der Waals surface area contributed by atoms with E-state index in [1.807, 2.05) is 31.2 Å². The van der Waals surface area contributed by atoms with E-state index < -0.39 is 5.60 Å². The third-order valence-corrected chi connectivity index (χ3v) is 4.83. The molecule has 1 aliphatic carbocycles. The Balaban J connectivity index is 2.23. The molecule has 0 aromatic heterocycles. The molecule has 3 atom stereocenters. The second-order valence-electron chi connectivity index (χ2n) is 5.94. The van der Waals surface area contributed by atoms with Crippen LogP contribution in [0.1, 0.15) is 51.5 Å². The van der Waals surface area contributed by atoms with Gasteiger partial charge in [0.1, 0.15) is 5.75 Å². The fraction of sp³-hybridized carbons (Fsp3) is 0.647. The van der Waals surface area contributed by atoms with Crippen LogP contribution in [0.5, 0.6) is 5.75 Å². The van der Waals surface area contributed by atoms with Gasteiger partial charge in [-0.1, -0.05) is 44.7 Å². The second-order valence-corrected chi connectivity index (χ2v) is 5.94. The van der Waals surface area contributed by atoms with Gasteiger partial charge >= 0.3 is 0 Å². The summed E-state index contributed by atoms with van der Waals surface area (Å²) in [6, 6.07) is 7.88. The smallest absolute Gasteiger partial charge is 0.118 e. The van der Waals surface area contributed by atoms with Crippen LogP contribution in [-0.2, 0) is 5.60 Å². The van der Waals surface area contributed by atoms with Crippen LogP contribution in [0.25, 0.3) is 0 Å². The molecule has 0 saturated heterocycles. The van der Waals surface area contributed by atoms with Crippen LogP contribution in [0.15, 0.2) is 24.3 Å². The van der Waals surface area contributed by atoms with Gasteiger partial charge in [0.05, 0.1) is 12.7 Å². The quantitative estimate of drug-likeness (QED) is 0.884. The van der Waals surface area contributed by atoms with Gasteiger partial charge in [0, 0.05) is 0 Å². The number of aliphatic hydroxyl groups is 1. The summed E-state index contributed by atoms with van der Waals surface area (Å²) in [6.45, 7) is 4.22. The fourth-order valence-electron chi connectivity index (χ4n) is 3.58. The molecule has 0 amide bonds. The lowest BCUT2D eigenvalue weighted by Gasteiger charge is -2.41. The fourth-order valence-corrected chi connectivity index (χ4v) is 3.58. The van der Waals surface area contributed by atoms with E-state index in [1.54, 1.807) is 7.11 Å². The van der Waals surface area contributed by atoms with Gasteiger partial charge in [0.15, 0.2) is 0 Å². The van der Waals surface area contributed by atoms with E-state index in [1.165, 1.54) is 19.3 Å². The molecular formula is C17H26O2. The van der Waals surface area contributed by atoms with Gasteiger partial charge in [-0.05, 0) is 42.9 Å². The molecule has 1 aliphatic rings. The molecule has 106 valence electrons. The zero-order valence-corrected chi connectivity index (χ0v) is 12.4. The van der Waals surface area contributed by atoms with Crippen LogP contribution < -0.4 is 4.74 Å². The predicted molar refractivity (Wildman–Crippen MR) is 78.3 cm³/mol. The summed E-state index contributed by atoms with van der Waals surface area (Å²) in [5.74, 6) is 1.86. The predicted octanol–water partition coefficient (Wildman–Crippen LogP) is 4.12. The van der Waals surface area contributed by atoms with Crippen LogP contribution >= 0.6 is 0 Å². The molecular weight excluding hydrogens is 236 g/mol. The van der Waals surface area contributed by atoms with Gasteiger partial charge < -0.3 is 9.84 Å². The molecule has 0 heterocycles. The Morgan fingerprint density at radius 2 is 1.84 bits per heavy atom. The van der Waals surface area contributed by atoms with Crippen molar-refractivity contribution in [3.63, 3.8) is 0 Å². The summed E-state index contributed by atoms with van der Waals surface area (Å²) in [5, 5.41) is 11.0. The Morgan fingerprint density at radius 3 is 2.42 bits per heavy atom. The Kier molecular flexibility index (Phi) is 4.51. The standard InChI is InChI=1S/C17H26O2/c1-4-13-7-5-6-8-16(13)17(2,18)14-9-11-15(19-3)12-10-14/h9-13,16,18H,4-8H2,1-3H3. The summed E-state index contributed by atoms with van der Waals surface area (Å²) >= 11 is 0. The number of hydrogen-bond donors (Lipinski definition) is 1. The van der Waals surface area contributed by atoms with Crippen LogP contribution in [-0.4, -0.2) is 12.2 Å². The number of rotatable bonds is 4. The molecule has 1 saturated carbocycles. The summed E-state index contributed by atoms with van der Waals surface area (Å²) in [7, 11) is 1.67. The van der Waals surface area contributed by atoms with E-state index in [2.05, 4.69) is 6.92 Å². The van der Waals surface area contributed by atoms with Gasteiger partial charge in [0.2, 0.25) is 0 Å². The van der Waals surface area contributed by atoms with Crippen molar-refractivity contribution in [1.82, 2.24) is 0 Å². The molecule has 3 unspecified atom stereocenters. The SMILES string of the molecule is CCC1CCCCC1C(C)(O)c1ccc(OC)cc1. The first-order chi connectivity index (χ1) is 9.09. The van der Waals surface area contributed by atoms with Crippen LogP contribution in [0, 0.1) is 11.8 Å². The zero-order valence-electron chi connectivity index (χ0n) is 12.4. The maximum atomic E-state index is 11.0. The van der Waals surface area contributed by atoms with Crippen molar-refractivity contribution >= 4 is 0 Å². The van der Waals surface area contributed by atoms with Crippen molar-refractivity contribution in [3.8, 4) is 5.75 Å². The molecule has 2 heteroatoms. The van der Waals surface area contributed by atoms with Crippen LogP contribution in [0.3, 0.4) is 0 Å². The van der Waals surface area contributed by atoms with Crippen molar-refractivity contribution in [1.29, 1.82) is 0 Å². The van der Waals surface area contributed by atoms with Crippen LogP contribution in [0.4, 0.5) is 0 Å². The maximum absolute atomic E-state index is 11.0.